The number of rotatable bonds is 0. The second-order valence-electron chi connectivity index (χ2n) is 6.06. The monoisotopic (exact) mass is 250 g/mol. The highest BCUT2D eigenvalue weighted by Crippen LogP contribution is 2.30. The minimum absolute atomic E-state index is 0.195. The fraction of sp³-hybridized carbons (Fsp3) is 0.875. The van der Waals surface area contributed by atoms with E-state index in [1.54, 1.807) is 0 Å². The van der Waals surface area contributed by atoms with Crippen LogP contribution in [-0.2, 0) is 9.59 Å². The van der Waals surface area contributed by atoms with Crippen LogP contribution in [-0.4, -0.2) is 11.6 Å². The Morgan fingerprint density at radius 3 is 1.94 bits per heavy atom. The number of ketones is 2. The lowest BCUT2D eigenvalue weighted by Gasteiger charge is -2.19. The molecule has 2 aliphatic rings. The molecule has 0 N–H and O–H groups in total. The van der Waals surface area contributed by atoms with Crippen molar-refractivity contribution in [1.82, 2.24) is 0 Å². The maximum Gasteiger partial charge on any atom is 0.146 e. The first-order valence-corrected chi connectivity index (χ1v) is 7.85. The number of carbonyl (C=O) groups is 2. The van der Waals surface area contributed by atoms with Gasteiger partial charge >= 0.3 is 0 Å². The average Bonchev–Trinajstić information content (AvgIpc) is 2.48. The SMILES string of the molecule is O=C1CCC[C@@H]2CCCCCCCCC[C@@H]1C2=O. The fourth-order valence-electron chi connectivity index (χ4n) is 3.50. The Bertz CT molecular complexity index is 295. The highest BCUT2D eigenvalue weighted by atomic mass is 16.2. The van der Waals surface area contributed by atoms with Gasteiger partial charge in [0.25, 0.3) is 0 Å². The van der Waals surface area contributed by atoms with Gasteiger partial charge in [-0.3, -0.25) is 9.59 Å². The Morgan fingerprint density at radius 2 is 1.22 bits per heavy atom. The van der Waals surface area contributed by atoms with Gasteiger partial charge in [-0.2, -0.15) is 0 Å². The van der Waals surface area contributed by atoms with Crippen LogP contribution >= 0.6 is 0 Å². The topological polar surface area (TPSA) is 34.1 Å². The van der Waals surface area contributed by atoms with Gasteiger partial charge in [0.05, 0.1) is 5.92 Å². The van der Waals surface area contributed by atoms with Crippen molar-refractivity contribution >= 4 is 11.6 Å². The van der Waals surface area contributed by atoms with E-state index >= 15 is 0 Å². The van der Waals surface area contributed by atoms with Crippen LogP contribution in [0, 0.1) is 11.8 Å². The molecule has 2 fully saturated rings. The number of carbonyl (C=O) groups excluding carboxylic acids is 2. The molecule has 2 atom stereocenters. The van der Waals surface area contributed by atoms with E-state index in [0.29, 0.717) is 6.42 Å². The maximum atomic E-state index is 12.5. The summed E-state index contributed by atoms with van der Waals surface area (Å²) in [5.74, 6) is 0.482. The van der Waals surface area contributed by atoms with Gasteiger partial charge in [-0.05, 0) is 25.7 Å². The standard InChI is InChI=1S/C16H26O2/c17-15-12-8-10-13-9-6-4-2-1-3-5-7-11-14(15)16(13)18/h13-14H,1-12H2/t13-,14-/m0/s1. The van der Waals surface area contributed by atoms with Crippen LogP contribution in [0.1, 0.15) is 77.0 Å². The second kappa shape index (κ2) is 7.06. The van der Waals surface area contributed by atoms with Crippen LogP contribution in [0.15, 0.2) is 0 Å². The minimum Gasteiger partial charge on any atom is -0.299 e. The third-order valence-electron chi connectivity index (χ3n) is 4.66. The van der Waals surface area contributed by atoms with E-state index in [9.17, 15) is 9.59 Å². The summed E-state index contributed by atoms with van der Waals surface area (Å²) in [5, 5.41) is 0. The molecule has 2 bridgehead atoms. The van der Waals surface area contributed by atoms with E-state index in [4.69, 9.17) is 0 Å². The van der Waals surface area contributed by atoms with E-state index in [-0.39, 0.29) is 23.4 Å². The van der Waals surface area contributed by atoms with Crippen LogP contribution in [0.3, 0.4) is 0 Å². The van der Waals surface area contributed by atoms with Crippen LogP contribution in [0.4, 0.5) is 0 Å². The molecule has 102 valence electrons. The van der Waals surface area contributed by atoms with Gasteiger partial charge in [-0.15, -0.1) is 0 Å². The molecule has 0 aromatic rings. The summed E-state index contributed by atoms with van der Waals surface area (Å²) in [6.07, 6.45) is 13.0. The van der Waals surface area contributed by atoms with Crippen molar-refractivity contribution in [3.05, 3.63) is 0 Å². The Labute approximate surface area is 111 Å². The molecule has 2 nitrogen and oxygen atoms in total. The summed E-state index contributed by atoms with van der Waals surface area (Å²) in [5.41, 5.74) is 0. The van der Waals surface area contributed by atoms with Crippen LogP contribution in [0.25, 0.3) is 0 Å². The lowest BCUT2D eigenvalue weighted by atomic mass is 9.84. The van der Waals surface area contributed by atoms with Crippen molar-refractivity contribution in [2.45, 2.75) is 77.0 Å². The normalized spacial score (nSPS) is 32.2. The molecule has 2 aliphatic carbocycles. The molecule has 0 aliphatic heterocycles. The summed E-state index contributed by atoms with van der Waals surface area (Å²) in [7, 11) is 0. The van der Waals surface area contributed by atoms with Gasteiger partial charge in [0.2, 0.25) is 0 Å². The molecule has 0 spiro atoms. The Hall–Kier alpha value is -0.660. The Morgan fingerprint density at radius 1 is 0.667 bits per heavy atom. The third-order valence-corrected chi connectivity index (χ3v) is 4.66. The maximum absolute atomic E-state index is 12.5. The predicted molar refractivity (Wildman–Crippen MR) is 72.4 cm³/mol. The molecule has 0 heterocycles. The van der Waals surface area contributed by atoms with Crippen LogP contribution in [0.2, 0.25) is 0 Å². The molecule has 2 saturated carbocycles. The van der Waals surface area contributed by atoms with Gasteiger partial charge in [0, 0.05) is 12.3 Å². The summed E-state index contributed by atoms with van der Waals surface area (Å²) in [4.78, 5) is 24.5. The van der Waals surface area contributed by atoms with Crippen molar-refractivity contribution in [2.75, 3.05) is 0 Å². The smallest absolute Gasteiger partial charge is 0.146 e. The van der Waals surface area contributed by atoms with Crippen molar-refractivity contribution in [1.29, 1.82) is 0 Å². The molecule has 0 aromatic carbocycles. The Kier molecular flexibility index (Phi) is 5.40. The largest absolute Gasteiger partial charge is 0.299 e. The molecule has 0 aromatic heterocycles. The third kappa shape index (κ3) is 3.66. The molecule has 0 unspecified atom stereocenters. The zero-order valence-electron chi connectivity index (χ0n) is 11.5. The quantitative estimate of drug-likeness (QED) is 0.607. The minimum atomic E-state index is -0.239. The van der Waals surface area contributed by atoms with E-state index < -0.39 is 0 Å². The second-order valence-corrected chi connectivity index (χ2v) is 6.06. The van der Waals surface area contributed by atoms with E-state index in [0.717, 1.165) is 32.1 Å². The summed E-state index contributed by atoms with van der Waals surface area (Å²) in [6.45, 7) is 0. The average molecular weight is 250 g/mol. The zero-order valence-corrected chi connectivity index (χ0v) is 11.5. The molecular weight excluding hydrogens is 224 g/mol. The van der Waals surface area contributed by atoms with Crippen molar-refractivity contribution in [3.8, 4) is 0 Å². The predicted octanol–water partition coefficient (Wildman–Crippen LogP) is 4.07. The van der Waals surface area contributed by atoms with Gasteiger partial charge < -0.3 is 0 Å². The van der Waals surface area contributed by atoms with Crippen molar-refractivity contribution < 1.29 is 9.59 Å². The van der Waals surface area contributed by atoms with Gasteiger partial charge in [0.1, 0.15) is 11.6 Å². The molecule has 0 amide bonds. The molecule has 2 rings (SSSR count). The highest BCUT2D eigenvalue weighted by molar-refractivity contribution is 6.03. The summed E-state index contributed by atoms with van der Waals surface area (Å²) in [6, 6.07) is 0. The van der Waals surface area contributed by atoms with E-state index in [1.807, 2.05) is 0 Å². The number of Topliss-reactive ketones (excluding diaryl/α,β-unsaturated/α-hetero) is 2. The summed E-state index contributed by atoms with van der Waals surface area (Å²) >= 11 is 0. The Balaban J connectivity index is 2.04. The summed E-state index contributed by atoms with van der Waals surface area (Å²) < 4.78 is 0. The van der Waals surface area contributed by atoms with Gasteiger partial charge in [0.15, 0.2) is 0 Å². The lowest BCUT2D eigenvalue weighted by molar-refractivity contribution is -0.134. The van der Waals surface area contributed by atoms with Gasteiger partial charge in [-0.25, -0.2) is 0 Å². The highest BCUT2D eigenvalue weighted by Gasteiger charge is 2.33. The van der Waals surface area contributed by atoms with E-state index in [1.165, 1.54) is 38.5 Å². The first kappa shape index (κ1) is 13.8. The number of hydrogen-bond acceptors (Lipinski definition) is 2. The van der Waals surface area contributed by atoms with Crippen molar-refractivity contribution in [3.63, 3.8) is 0 Å². The van der Waals surface area contributed by atoms with Crippen LogP contribution in [0.5, 0.6) is 0 Å². The van der Waals surface area contributed by atoms with Crippen LogP contribution < -0.4 is 0 Å². The first-order chi connectivity index (χ1) is 8.79. The number of hydrogen-bond donors (Lipinski definition) is 0. The molecule has 0 radical (unpaired) electrons. The lowest BCUT2D eigenvalue weighted by Crippen LogP contribution is -2.27. The zero-order chi connectivity index (χ0) is 12.8. The number of fused-ring (bicyclic) bond motifs is 2. The molecule has 2 heteroatoms. The van der Waals surface area contributed by atoms with Crippen molar-refractivity contribution in [2.24, 2.45) is 11.8 Å². The van der Waals surface area contributed by atoms with E-state index in [2.05, 4.69) is 0 Å². The molecular formula is C16H26O2. The fourth-order valence-corrected chi connectivity index (χ4v) is 3.50. The molecule has 18 heavy (non-hydrogen) atoms. The van der Waals surface area contributed by atoms with Gasteiger partial charge in [-0.1, -0.05) is 44.9 Å². The first-order valence-electron chi connectivity index (χ1n) is 7.85. The molecule has 0 saturated heterocycles.